The van der Waals surface area contributed by atoms with E-state index in [9.17, 15) is 13.6 Å². The highest BCUT2D eigenvalue weighted by Crippen LogP contribution is 2.28. The lowest BCUT2D eigenvalue weighted by Gasteiger charge is -2.08. The molecule has 4 aromatic rings. The van der Waals surface area contributed by atoms with Gasteiger partial charge in [-0.15, -0.1) is 0 Å². The molecular formula is C23H16F2N2O. The van der Waals surface area contributed by atoms with Crippen LogP contribution in [0.5, 0.6) is 0 Å². The van der Waals surface area contributed by atoms with Crippen molar-refractivity contribution in [2.45, 2.75) is 6.42 Å². The fourth-order valence-electron chi connectivity index (χ4n) is 3.10. The summed E-state index contributed by atoms with van der Waals surface area (Å²) in [6.45, 7) is 0. The van der Waals surface area contributed by atoms with Crippen LogP contribution < -0.4 is 5.32 Å². The molecule has 0 aliphatic rings. The standard InChI is InChI=1S/C23H16F2N2O/c24-17-5-8-19(9-6-17)27-23(28)13-15-1-3-16(4-2-15)20-11-12-26-22-14-18(25)7-10-21(20)22/h1-12,14H,13H2,(H,27,28). The maximum atomic E-state index is 13.4. The zero-order valence-corrected chi connectivity index (χ0v) is 14.8. The second kappa shape index (κ2) is 7.56. The number of carbonyl (C=O) groups excluding carboxylic acids is 1. The van der Waals surface area contributed by atoms with Crippen LogP contribution in [0.2, 0.25) is 0 Å². The summed E-state index contributed by atoms with van der Waals surface area (Å²) in [5.74, 6) is -0.844. The minimum atomic E-state index is -0.347. The predicted molar refractivity (Wildman–Crippen MR) is 106 cm³/mol. The molecule has 5 heteroatoms. The zero-order valence-electron chi connectivity index (χ0n) is 14.8. The second-order valence-electron chi connectivity index (χ2n) is 6.45. The Morgan fingerprint density at radius 3 is 2.32 bits per heavy atom. The molecule has 0 saturated heterocycles. The van der Waals surface area contributed by atoms with E-state index in [1.165, 1.54) is 36.4 Å². The Bertz CT molecular complexity index is 1140. The van der Waals surface area contributed by atoms with Crippen LogP contribution in [0.4, 0.5) is 14.5 Å². The highest BCUT2D eigenvalue weighted by atomic mass is 19.1. The van der Waals surface area contributed by atoms with Crippen LogP contribution in [0.25, 0.3) is 22.0 Å². The molecule has 0 spiro atoms. The summed E-state index contributed by atoms with van der Waals surface area (Å²) in [4.78, 5) is 16.4. The molecule has 138 valence electrons. The molecule has 1 N–H and O–H groups in total. The van der Waals surface area contributed by atoms with E-state index in [0.29, 0.717) is 11.2 Å². The number of rotatable bonds is 4. The van der Waals surface area contributed by atoms with Gasteiger partial charge in [-0.3, -0.25) is 9.78 Å². The number of halogens is 2. The Balaban J connectivity index is 1.51. The van der Waals surface area contributed by atoms with Crippen molar-refractivity contribution in [3.8, 4) is 11.1 Å². The Morgan fingerprint density at radius 2 is 1.57 bits per heavy atom. The van der Waals surface area contributed by atoms with Crippen molar-refractivity contribution in [3.05, 3.63) is 96.2 Å². The van der Waals surface area contributed by atoms with Crippen LogP contribution in [0.1, 0.15) is 5.56 Å². The van der Waals surface area contributed by atoms with Crippen molar-refractivity contribution in [3.63, 3.8) is 0 Å². The van der Waals surface area contributed by atoms with Gasteiger partial charge in [-0.1, -0.05) is 24.3 Å². The van der Waals surface area contributed by atoms with Gasteiger partial charge in [0, 0.05) is 23.3 Å². The first-order valence-corrected chi connectivity index (χ1v) is 8.77. The van der Waals surface area contributed by atoms with Gasteiger partial charge < -0.3 is 5.32 Å². The van der Waals surface area contributed by atoms with Crippen molar-refractivity contribution >= 4 is 22.5 Å². The van der Waals surface area contributed by atoms with E-state index in [2.05, 4.69) is 10.3 Å². The molecule has 0 saturated carbocycles. The number of hydrogen-bond acceptors (Lipinski definition) is 2. The number of fused-ring (bicyclic) bond motifs is 1. The average Bonchev–Trinajstić information content (AvgIpc) is 2.70. The van der Waals surface area contributed by atoms with Gasteiger partial charge >= 0.3 is 0 Å². The quantitative estimate of drug-likeness (QED) is 0.522. The van der Waals surface area contributed by atoms with Gasteiger partial charge in [-0.05, 0) is 59.2 Å². The van der Waals surface area contributed by atoms with Gasteiger partial charge in [0.1, 0.15) is 11.6 Å². The molecule has 0 unspecified atom stereocenters. The lowest BCUT2D eigenvalue weighted by atomic mass is 9.99. The van der Waals surface area contributed by atoms with E-state index in [4.69, 9.17) is 0 Å². The summed E-state index contributed by atoms with van der Waals surface area (Å²) in [5, 5.41) is 3.61. The SMILES string of the molecule is O=C(Cc1ccc(-c2ccnc3cc(F)ccc23)cc1)Nc1ccc(F)cc1. The Labute approximate surface area is 160 Å². The maximum absolute atomic E-state index is 13.4. The van der Waals surface area contributed by atoms with Crippen molar-refractivity contribution in [1.29, 1.82) is 0 Å². The molecule has 0 fully saturated rings. The third kappa shape index (κ3) is 3.88. The van der Waals surface area contributed by atoms with Crippen LogP contribution in [0.3, 0.4) is 0 Å². The van der Waals surface area contributed by atoms with Crippen LogP contribution >= 0.6 is 0 Å². The van der Waals surface area contributed by atoms with E-state index < -0.39 is 0 Å². The summed E-state index contributed by atoms with van der Waals surface area (Å²) in [5.41, 5.74) is 3.92. The number of benzene rings is 3. The number of amides is 1. The summed E-state index contributed by atoms with van der Waals surface area (Å²) in [6, 6.07) is 19.7. The molecule has 28 heavy (non-hydrogen) atoms. The first-order valence-electron chi connectivity index (χ1n) is 8.77. The van der Waals surface area contributed by atoms with Gasteiger partial charge in [0.2, 0.25) is 5.91 Å². The summed E-state index contributed by atoms with van der Waals surface area (Å²) < 4.78 is 26.4. The number of nitrogens with one attached hydrogen (secondary N) is 1. The molecule has 0 aliphatic heterocycles. The Hall–Kier alpha value is -3.60. The number of hydrogen-bond donors (Lipinski definition) is 1. The van der Waals surface area contributed by atoms with Gasteiger partial charge in [-0.25, -0.2) is 8.78 Å². The Kier molecular flexibility index (Phi) is 4.81. The number of pyridine rings is 1. The zero-order chi connectivity index (χ0) is 19.5. The van der Waals surface area contributed by atoms with Crippen LogP contribution in [-0.4, -0.2) is 10.9 Å². The van der Waals surface area contributed by atoms with Crippen molar-refractivity contribution in [2.75, 3.05) is 5.32 Å². The highest BCUT2D eigenvalue weighted by Gasteiger charge is 2.08. The molecule has 3 nitrogen and oxygen atoms in total. The molecule has 0 atom stereocenters. The second-order valence-corrected chi connectivity index (χ2v) is 6.45. The highest BCUT2D eigenvalue weighted by molar-refractivity contribution is 5.95. The molecule has 1 amide bonds. The van der Waals surface area contributed by atoms with E-state index >= 15 is 0 Å². The molecule has 1 aromatic heterocycles. The van der Waals surface area contributed by atoms with Gasteiger partial charge in [-0.2, -0.15) is 0 Å². The number of carbonyl (C=O) groups is 1. The van der Waals surface area contributed by atoms with Crippen molar-refractivity contribution in [2.24, 2.45) is 0 Å². The number of aromatic nitrogens is 1. The van der Waals surface area contributed by atoms with Crippen molar-refractivity contribution in [1.82, 2.24) is 4.98 Å². The fraction of sp³-hybridized carbons (Fsp3) is 0.0435. The molecule has 1 heterocycles. The van der Waals surface area contributed by atoms with E-state index in [-0.39, 0.29) is 24.0 Å². The van der Waals surface area contributed by atoms with Crippen LogP contribution in [0, 0.1) is 11.6 Å². The van der Waals surface area contributed by atoms with E-state index in [0.717, 1.165) is 22.1 Å². The number of nitrogens with zero attached hydrogens (tertiary/aromatic N) is 1. The lowest BCUT2D eigenvalue weighted by molar-refractivity contribution is -0.115. The van der Waals surface area contributed by atoms with Gasteiger partial charge in [0.15, 0.2) is 0 Å². The molecule has 3 aromatic carbocycles. The monoisotopic (exact) mass is 374 g/mol. The molecule has 4 rings (SSSR count). The largest absolute Gasteiger partial charge is 0.326 e. The Morgan fingerprint density at radius 1 is 0.857 bits per heavy atom. The normalized spacial score (nSPS) is 10.8. The first kappa shape index (κ1) is 17.8. The first-order chi connectivity index (χ1) is 13.6. The fourth-order valence-corrected chi connectivity index (χ4v) is 3.10. The average molecular weight is 374 g/mol. The van der Waals surface area contributed by atoms with E-state index in [1.807, 2.05) is 30.3 Å². The minimum absolute atomic E-state index is 0.177. The lowest BCUT2D eigenvalue weighted by Crippen LogP contribution is -2.14. The summed E-state index contributed by atoms with van der Waals surface area (Å²) in [6.07, 6.45) is 1.86. The molecule has 0 aliphatic carbocycles. The summed E-state index contributed by atoms with van der Waals surface area (Å²) >= 11 is 0. The molecular weight excluding hydrogens is 358 g/mol. The third-order valence-electron chi connectivity index (χ3n) is 4.46. The summed E-state index contributed by atoms with van der Waals surface area (Å²) in [7, 11) is 0. The topological polar surface area (TPSA) is 42.0 Å². The maximum Gasteiger partial charge on any atom is 0.228 e. The van der Waals surface area contributed by atoms with Gasteiger partial charge in [0.25, 0.3) is 0 Å². The molecule has 0 bridgehead atoms. The van der Waals surface area contributed by atoms with Gasteiger partial charge in [0.05, 0.1) is 11.9 Å². The smallest absolute Gasteiger partial charge is 0.228 e. The van der Waals surface area contributed by atoms with Crippen molar-refractivity contribution < 1.29 is 13.6 Å². The minimum Gasteiger partial charge on any atom is -0.326 e. The van der Waals surface area contributed by atoms with Crippen LogP contribution in [-0.2, 0) is 11.2 Å². The third-order valence-corrected chi connectivity index (χ3v) is 4.46. The van der Waals surface area contributed by atoms with Crippen LogP contribution in [0.15, 0.2) is 79.0 Å². The predicted octanol–water partition coefficient (Wildman–Crippen LogP) is 5.36. The molecule has 0 radical (unpaired) electrons. The van der Waals surface area contributed by atoms with E-state index in [1.54, 1.807) is 12.3 Å². The number of anilines is 1.